The average Bonchev–Trinajstić information content (AvgIpc) is 2.83. The number of hydrogen-bond acceptors (Lipinski definition) is 5. The zero-order chi connectivity index (χ0) is 16.4. The summed E-state index contributed by atoms with van der Waals surface area (Å²) in [6.45, 7) is 0. The molecule has 0 aromatic carbocycles. The fraction of sp³-hybridized carbons (Fsp3) is 0.857. The third-order valence-electron chi connectivity index (χ3n) is 4.73. The van der Waals surface area contributed by atoms with Crippen LogP contribution in [-0.4, -0.2) is 65.4 Å². The summed E-state index contributed by atoms with van der Waals surface area (Å²) in [6, 6.07) is 0. The van der Waals surface area contributed by atoms with Crippen molar-refractivity contribution < 1.29 is 23.1 Å². The van der Waals surface area contributed by atoms with E-state index >= 15 is 0 Å². The smallest absolute Gasteiger partial charge is 0.329 e. The van der Waals surface area contributed by atoms with Crippen LogP contribution >= 0.6 is 11.8 Å². The minimum absolute atomic E-state index is 0.0468. The molecule has 8 heteroatoms. The van der Waals surface area contributed by atoms with E-state index in [1.165, 1.54) is 16.7 Å². The number of aliphatic carboxylic acids is 1. The van der Waals surface area contributed by atoms with E-state index in [4.69, 9.17) is 0 Å². The molecule has 1 unspecified atom stereocenters. The Morgan fingerprint density at radius 3 is 2.41 bits per heavy atom. The van der Waals surface area contributed by atoms with Crippen molar-refractivity contribution in [3.05, 3.63) is 0 Å². The highest BCUT2D eigenvalue weighted by atomic mass is 32.2. The summed E-state index contributed by atoms with van der Waals surface area (Å²) in [7, 11) is -1.39. The number of rotatable bonds is 5. The Hall–Kier alpha value is -0.760. The summed E-state index contributed by atoms with van der Waals surface area (Å²) in [4.78, 5) is 25.4. The topological polar surface area (TPSA) is 91.8 Å². The Kier molecular flexibility index (Phi) is 5.42. The maximum atomic E-state index is 12.4. The van der Waals surface area contributed by atoms with Crippen molar-refractivity contribution in [3.63, 3.8) is 0 Å². The van der Waals surface area contributed by atoms with E-state index in [-0.39, 0.29) is 28.4 Å². The van der Waals surface area contributed by atoms with Gasteiger partial charge in [-0.05, 0) is 19.3 Å². The highest BCUT2D eigenvalue weighted by molar-refractivity contribution is 8.02. The van der Waals surface area contributed by atoms with Gasteiger partial charge in [0.25, 0.3) is 0 Å². The molecular weight excluding hydrogens is 326 g/mol. The molecule has 0 aromatic rings. The summed E-state index contributed by atoms with van der Waals surface area (Å²) in [5.74, 6) is -0.701. The van der Waals surface area contributed by atoms with Gasteiger partial charge in [-0.15, -0.1) is 11.8 Å². The zero-order valence-electron chi connectivity index (χ0n) is 12.8. The van der Waals surface area contributed by atoms with Crippen LogP contribution in [0.25, 0.3) is 0 Å². The second kappa shape index (κ2) is 6.78. The fourth-order valence-corrected chi connectivity index (χ4v) is 6.80. The normalized spacial score (nSPS) is 26.5. The summed E-state index contributed by atoms with van der Waals surface area (Å²) in [6.07, 6.45) is 4.20. The van der Waals surface area contributed by atoms with Gasteiger partial charge < -0.3 is 10.0 Å². The molecular formula is C14H23NO5S2. The van der Waals surface area contributed by atoms with Gasteiger partial charge in [0.05, 0.1) is 17.3 Å². The molecule has 1 aliphatic carbocycles. The number of carboxylic acid groups (broad SMARTS) is 1. The van der Waals surface area contributed by atoms with Crippen LogP contribution in [0.4, 0.5) is 0 Å². The second-order valence-corrected chi connectivity index (χ2v) is 9.70. The number of sulfone groups is 1. The molecule has 1 N–H and O–H groups in total. The van der Waals surface area contributed by atoms with Crippen molar-refractivity contribution in [2.24, 2.45) is 0 Å². The molecule has 0 bridgehead atoms. The summed E-state index contributed by atoms with van der Waals surface area (Å²) in [5, 5.41) is 9.53. The standard InChI is InChI=1S/C14H23NO5S2/c1-15(14(13(17)18)6-3-2-4-7-14)12(16)9-21-11-5-8-22(19,20)10-11/h11H,2-10H2,1H3,(H,17,18). The highest BCUT2D eigenvalue weighted by Crippen LogP contribution is 2.34. The SMILES string of the molecule is CN(C(=O)CSC1CCS(=O)(=O)C1)C1(C(=O)O)CCCCC1. The Balaban J connectivity index is 1.94. The highest BCUT2D eigenvalue weighted by Gasteiger charge is 2.45. The minimum atomic E-state index is -2.95. The van der Waals surface area contributed by atoms with Gasteiger partial charge in [0.2, 0.25) is 5.91 Å². The molecule has 1 saturated carbocycles. The third-order valence-corrected chi connectivity index (χ3v) is 7.99. The van der Waals surface area contributed by atoms with Crippen molar-refractivity contribution in [2.75, 3.05) is 24.3 Å². The van der Waals surface area contributed by atoms with Crippen LogP contribution in [-0.2, 0) is 19.4 Å². The van der Waals surface area contributed by atoms with E-state index in [0.717, 1.165) is 19.3 Å². The predicted molar refractivity (Wildman–Crippen MR) is 85.7 cm³/mol. The molecule has 1 saturated heterocycles. The van der Waals surface area contributed by atoms with Crippen LogP contribution in [0.15, 0.2) is 0 Å². The van der Waals surface area contributed by atoms with Crippen LogP contribution in [0.2, 0.25) is 0 Å². The van der Waals surface area contributed by atoms with Gasteiger partial charge in [-0.2, -0.15) is 0 Å². The van der Waals surface area contributed by atoms with Gasteiger partial charge in [-0.3, -0.25) is 4.79 Å². The quantitative estimate of drug-likeness (QED) is 0.800. The van der Waals surface area contributed by atoms with Gasteiger partial charge in [0.15, 0.2) is 9.84 Å². The summed E-state index contributed by atoms with van der Waals surface area (Å²) < 4.78 is 22.8. The Bertz CT molecular complexity index is 539. The molecule has 2 aliphatic rings. The van der Waals surface area contributed by atoms with E-state index in [2.05, 4.69) is 0 Å². The molecule has 1 amide bonds. The minimum Gasteiger partial charge on any atom is -0.479 e. The molecule has 1 atom stereocenters. The maximum absolute atomic E-state index is 12.4. The van der Waals surface area contributed by atoms with Crippen LogP contribution in [0, 0.1) is 0 Å². The molecule has 22 heavy (non-hydrogen) atoms. The number of carbonyl (C=O) groups is 2. The van der Waals surface area contributed by atoms with Crippen molar-refractivity contribution in [1.29, 1.82) is 0 Å². The maximum Gasteiger partial charge on any atom is 0.329 e. The first-order valence-corrected chi connectivity index (χ1v) is 10.5. The Morgan fingerprint density at radius 2 is 1.91 bits per heavy atom. The second-order valence-electron chi connectivity index (χ2n) is 6.19. The van der Waals surface area contributed by atoms with E-state index in [1.54, 1.807) is 7.05 Å². The Morgan fingerprint density at radius 1 is 1.27 bits per heavy atom. The lowest BCUT2D eigenvalue weighted by molar-refractivity contribution is -0.159. The molecule has 0 spiro atoms. The molecule has 6 nitrogen and oxygen atoms in total. The predicted octanol–water partition coefficient (Wildman–Crippen LogP) is 1.15. The first-order chi connectivity index (χ1) is 10.3. The molecule has 126 valence electrons. The molecule has 1 aliphatic heterocycles. The average molecular weight is 349 g/mol. The number of amides is 1. The monoisotopic (exact) mass is 349 g/mol. The van der Waals surface area contributed by atoms with E-state index < -0.39 is 21.3 Å². The van der Waals surface area contributed by atoms with Crippen LogP contribution < -0.4 is 0 Å². The van der Waals surface area contributed by atoms with Gasteiger partial charge in [-0.1, -0.05) is 19.3 Å². The van der Waals surface area contributed by atoms with Gasteiger partial charge in [-0.25, -0.2) is 13.2 Å². The Labute approximate surface area is 135 Å². The number of likely N-dealkylation sites (N-methyl/N-ethyl adjacent to an activating group) is 1. The number of carbonyl (C=O) groups excluding carboxylic acids is 1. The van der Waals surface area contributed by atoms with Crippen molar-refractivity contribution in [2.45, 2.75) is 49.3 Å². The first kappa shape index (κ1) is 17.6. The first-order valence-electron chi connectivity index (χ1n) is 7.59. The lowest BCUT2D eigenvalue weighted by Crippen LogP contribution is -2.56. The van der Waals surface area contributed by atoms with Crippen molar-refractivity contribution in [1.82, 2.24) is 4.90 Å². The largest absolute Gasteiger partial charge is 0.479 e. The van der Waals surface area contributed by atoms with Crippen molar-refractivity contribution >= 4 is 33.5 Å². The molecule has 0 aromatic heterocycles. The lowest BCUT2D eigenvalue weighted by Gasteiger charge is -2.41. The van der Waals surface area contributed by atoms with Gasteiger partial charge in [0.1, 0.15) is 5.54 Å². The molecule has 2 rings (SSSR count). The third kappa shape index (κ3) is 3.76. The molecule has 1 heterocycles. The number of hydrogen-bond donors (Lipinski definition) is 1. The van der Waals surface area contributed by atoms with Crippen LogP contribution in [0.5, 0.6) is 0 Å². The van der Waals surface area contributed by atoms with Crippen LogP contribution in [0.1, 0.15) is 38.5 Å². The van der Waals surface area contributed by atoms with Crippen molar-refractivity contribution in [3.8, 4) is 0 Å². The molecule has 0 radical (unpaired) electrons. The lowest BCUT2D eigenvalue weighted by atomic mass is 9.80. The number of thioether (sulfide) groups is 1. The van der Waals surface area contributed by atoms with E-state index in [0.29, 0.717) is 19.3 Å². The van der Waals surface area contributed by atoms with E-state index in [1.807, 2.05) is 0 Å². The van der Waals surface area contributed by atoms with Gasteiger partial charge in [0, 0.05) is 12.3 Å². The summed E-state index contributed by atoms with van der Waals surface area (Å²) in [5.41, 5.74) is -1.09. The zero-order valence-corrected chi connectivity index (χ0v) is 14.4. The van der Waals surface area contributed by atoms with Gasteiger partial charge >= 0.3 is 5.97 Å². The summed E-state index contributed by atoms with van der Waals surface area (Å²) >= 11 is 1.33. The fourth-order valence-electron chi connectivity index (χ4n) is 3.25. The van der Waals surface area contributed by atoms with E-state index in [9.17, 15) is 23.1 Å². The molecule has 2 fully saturated rings. The number of nitrogens with zero attached hydrogens (tertiary/aromatic N) is 1. The number of carboxylic acids is 1. The van der Waals surface area contributed by atoms with Crippen LogP contribution in [0.3, 0.4) is 0 Å².